The summed E-state index contributed by atoms with van der Waals surface area (Å²) in [6.45, 7) is 8.72. The fraction of sp³-hybridized carbons (Fsp3) is 0.375. The minimum atomic E-state index is 0.178. The van der Waals surface area contributed by atoms with Gasteiger partial charge in [0, 0.05) is 10.5 Å². The molecule has 1 aromatic carbocycles. The van der Waals surface area contributed by atoms with Crippen LogP contribution in [0.15, 0.2) is 40.5 Å². The minimum Gasteiger partial charge on any atom is -0.383 e. The second kappa shape index (κ2) is 5.83. The highest BCUT2D eigenvalue weighted by Crippen LogP contribution is 2.32. The summed E-state index contributed by atoms with van der Waals surface area (Å²) in [5.74, 6) is 0.580. The molecular weight excluding hydrogens is 266 g/mol. The fourth-order valence-corrected chi connectivity index (χ4v) is 2.93. The van der Waals surface area contributed by atoms with E-state index in [1.54, 1.807) is 11.8 Å². The van der Waals surface area contributed by atoms with Crippen molar-refractivity contribution in [1.82, 2.24) is 9.97 Å². The quantitative estimate of drug-likeness (QED) is 0.865. The maximum atomic E-state index is 5.90. The predicted octanol–water partition coefficient (Wildman–Crippen LogP) is 4.07. The van der Waals surface area contributed by atoms with Crippen molar-refractivity contribution in [1.29, 1.82) is 0 Å². The molecule has 0 saturated carbocycles. The zero-order valence-electron chi connectivity index (χ0n) is 12.5. The average Bonchev–Trinajstić information content (AvgIpc) is 2.38. The molecule has 0 aliphatic rings. The van der Waals surface area contributed by atoms with Gasteiger partial charge in [0.1, 0.15) is 17.2 Å². The Bertz CT molecular complexity index is 586. The summed E-state index contributed by atoms with van der Waals surface area (Å²) in [4.78, 5) is 9.57. The third-order valence-corrected chi connectivity index (χ3v) is 4.28. The van der Waals surface area contributed by atoms with Crippen LogP contribution in [0.25, 0.3) is 0 Å². The van der Waals surface area contributed by atoms with Gasteiger partial charge >= 0.3 is 0 Å². The van der Waals surface area contributed by atoms with Gasteiger partial charge in [0.15, 0.2) is 0 Å². The Morgan fingerprint density at radius 1 is 1.10 bits per heavy atom. The van der Waals surface area contributed by atoms with Crippen molar-refractivity contribution in [3.63, 3.8) is 0 Å². The molecule has 2 N–H and O–H groups in total. The van der Waals surface area contributed by atoms with Gasteiger partial charge < -0.3 is 5.73 Å². The normalized spacial score (nSPS) is 11.6. The number of nitrogens with two attached hydrogens (primary N) is 1. The maximum Gasteiger partial charge on any atom is 0.131 e. The lowest BCUT2D eigenvalue weighted by Crippen LogP contribution is -2.10. The molecule has 106 valence electrons. The molecule has 1 heterocycles. The highest BCUT2D eigenvalue weighted by atomic mass is 32.2. The molecular formula is C16H21N3S. The minimum absolute atomic E-state index is 0.178. The van der Waals surface area contributed by atoms with Crippen molar-refractivity contribution >= 4 is 17.6 Å². The smallest absolute Gasteiger partial charge is 0.131 e. The Labute approximate surface area is 125 Å². The van der Waals surface area contributed by atoms with E-state index in [2.05, 4.69) is 61.9 Å². The monoisotopic (exact) mass is 287 g/mol. The van der Waals surface area contributed by atoms with Crippen molar-refractivity contribution in [2.24, 2.45) is 0 Å². The van der Waals surface area contributed by atoms with Crippen molar-refractivity contribution in [2.75, 3.05) is 5.73 Å². The van der Waals surface area contributed by atoms with E-state index in [4.69, 9.17) is 5.73 Å². The van der Waals surface area contributed by atoms with Crippen LogP contribution in [0.1, 0.15) is 38.8 Å². The van der Waals surface area contributed by atoms with Gasteiger partial charge in [0.05, 0.1) is 0 Å². The van der Waals surface area contributed by atoms with Gasteiger partial charge in [0.2, 0.25) is 0 Å². The van der Waals surface area contributed by atoms with Gasteiger partial charge in [-0.1, -0.05) is 51.6 Å². The molecule has 0 fully saturated rings. The molecule has 0 radical (unpaired) electrons. The Morgan fingerprint density at radius 2 is 1.75 bits per heavy atom. The summed E-state index contributed by atoms with van der Waals surface area (Å²) in [6.07, 6.45) is 2.37. The second-order valence-corrected chi connectivity index (χ2v) is 6.83. The van der Waals surface area contributed by atoms with Crippen LogP contribution in [0.4, 0.5) is 5.82 Å². The van der Waals surface area contributed by atoms with Crippen LogP contribution >= 0.6 is 11.8 Å². The van der Waals surface area contributed by atoms with Crippen LogP contribution in [0.3, 0.4) is 0 Å². The van der Waals surface area contributed by atoms with Gasteiger partial charge in [-0.05, 0) is 29.5 Å². The van der Waals surface area contributed by atoms with E-state index in [9.17, 15) is 0 Å². The Balaban J connectivity index is 2.25. The molecule has 0 atom stereocenters. The molecule has 2 rings (SSSR count). The zero-order chi connectivity index (χ0) is 14.8. The Kier molecular flexibility index (Phi) is 4.33. The summed E-state index contributed by atoms with van der Waals surface area (Å²) >= 11 is 1.64. The van der Waals surface area contributed by atoms with E-state index in [0.717, 1.165) is 17.0 Å². The first-order chi connectivity index (χ1) is 9.41. The Hall–Kier alpha value is -1.55. The van der Waals surface area contributed by atoms with Crippen LogP contribution < -0.4 is 5.73 Å². The molecule has 2 aromatic rings. The van der Waals surface area contributed by atoms with Gasteiger partial charge in [0.25, 0.3) is 0 Å². The number of nitrogen functional groups attached to an aromatic ring is 1. The van der Waals surface area contributed by atoms with Crippen molar-refractivity contribution in [3.05, 3.63) is 41.7 Å². The lowest BCUT2D eigenvalue weighted by molar-refractivity contribution is 0.590. The highest BCUT2D eigenvalue weighted by Gasteiger charge is 2.14. The number of anilines is 1. The molecule has 0 saturated heterocycles. The summed E-state index contributed by atoms with van der Waals surface area (Å²) < 4.78 is 0. The van der Waals surface area contributed by atoms with E-state index in [0.29, 0.717) is 5.82 Å². The molecule has 4 heteroatoms. The number of aromatic nitrogens is 2. The van der Waals surface area contributed by atoms with E-state index in [1.165, 1.54) is 16.8 Å². The largest absolute Gasteiger partial charge is 0.383 e. The van der Waals surface area contributed by atoms with E-state index in [-0.39, 0.29) is 5.41 Å². The highest BCUT2D eigenvalue weighted by molar-refractivity contribution is 7.99. The van der Waals surface area contributed by atoms with Gasteiger partial charge in [-0.15, -0.1) is 0 Å². The molecule has 20 heavy (non-hydrogen) atoms. The van der Waals surface area contributed by atoms with Gasteiger partial charge in [-0.3, -0.25) is 0 Å². The number of nitrogens with zero attached hydrogens (tertiary/aromatic N) is 2. The number of hydrogen-bond acceptors (Lipinski definition) is 4. The second-order valence-electron chi connectivity index (χ2n) is 5.77. The first kappa shape index (κ1) is 14.9. The van der Waals surface area contributed by atoms with Crippen LogP contribution in [-0.2, 0) is 11.8 Å². The molecule has 0 aliphatic carbocycles. The van der Waals surface area contributed by atoms with E-state index < -0.39 is 0 Å². The van der Waals surface area contributed by atoms with Crippen LogP contribution in [0, 0.1) is 0 Å². The predicted molar refractivity (Wildman–Crippen MR) is 85.1 cm³/mol. The standard InChI is InChI=1S/C16H21N3S/c1-5-13-14(17)18-10-19-15(13)20-12-8-6-11(7-9-12)16(2,3)4/h6-10H,5H2,1-4H3,(H2,17,18,19). The Morgan fingerprint density at radius 3 is 2.30 bits per heavy atom. The van der Waals surface area contributed by atoms with E-state index >= 15 is 0 Å². The third kappa shape index (κ3) is 3.31. The summed E-state index contributed by atoms with van der Waals surface area (Å²) in [5, 5.41) is 0.948. The fourth-order valence-electron chi connectivity index (χ4n) is 1.96. The van der Waals surface area contributed by atoms with E-state index in [1.807, 2.05) is 0 Å². The first-order valence-electron chi connectivity index (χ1n) is 6.79. The SMILES string of the molecule is CCc1c(N)ncnc1Sc1ccc(C(C)(C)C)cc1. The van der Waals surface area contributed by atoms with Gasteiger partial charge in [-0.2, -0.15) is 0 Å². The van der Waals surface area contributed by atoms with Crippen LogP contribution in [0.5, 0.6) is 0 Å². The topological polar surface area (TPSA) is 51.8 Å². The lowest BCUT2D eigenvalue weighted by atomic mass is 9.87. The van der Waals surface area contributed by atoms with Gasteiger partial charge in [-0.25, -0.2) is 9.97 Å². The molecule has 0 amide bonds. The summed E-state index contributed by atoms with van der Waals surface area (Å²) in [6, 6.07) is 8.64. The number of rotatable bonds is 3. The zero-order valence-corrected chi connectivity index (χ0v) is 13.3. The average molecular weight is 287 g/mol. The van der Waals surface area contributed by atoms with Crippen molar-refractivity contribution in [3.8, 4) is 0 Å². The molecule has 0 unspecified atom stereocenters. The lowest BCUT2D eigenvalue weighted by Gasteiger charge is -2.19. The van der Waals surface area contributed by atoms with Crippen molar-refractivity contribution in [2.45, 2.75) is 49.5 Å². The van der Waals surface area contributed by atoms with Crippen molar-refractivity contribution < 1.29 is 0 Å². The molecule has 0 aliphatic heterocycles. The number of benzene rings is 1. The number of hydrogen-bond donors (Lipinski definition) is 1. The summed E-state index contributed by atoms with van der Waals surface area (Å²) in [7, 11) is 0. The first-order valence-corrected chi connectivity index (χ1v) is 7.61. The summed E-state index contributed by atoms with van der Waals surface area (Å²) in [5.41, 5.74) is 8.44. The third-order valence-electron chi connectivity index (χ3n) is 3.23. The molecule has 1 aromatic heterocycles. The molecule has 0 bridgehead atoms. The van der Waals surface area contributed by atoms with Crippen LogP contribution in [0.2, 0.25) is 0 Å². The molecule has 3 nitrogen and oxygen atoms in total. The molecule has 0 spiro atoms. The van der Waals surface area contributed by atoms with Crippen LogP contribution in [-0.4, -0.2) is 9.97 Å². The maximum absolute atomic E-state index is 5.90.